The molecule has 0 rings (SSSR count). The standard InChI is InChI=1S/C14H26N2O5/c1-8(2)6-10(12(17)18)15-14(20)16-11(7-9(3)4)13(19)21-5/h8-11H,6-7H2,1-5H3,(H,17,18)(H2,15,16,20)/t10-,11?/m1/s1. The smallest absolute Gasteiger partial charge is 0.328 e. The molecule has 0 aliphatic carbocycles. The van der Waals surface area contributed by atoms with E-state index in [9.17, 15) is 14.4 Å². The maximum absolute atomic E-state index is 11.9. The molecular weight excluding hydrogens is 276 g/mol. The number of methoxy groups -OCH3 is 1. The van der Waals surface area contributed by atoms with Gasteiger partial charge >= 0.3 is 18.0 Å². The van der Waals surface area contributed by atoms with Crippen LogP contribution in [0.1, 0.15) is 40.5 Å². The number of urea groups is 1. The van der Waals surface area contributed by atoms with Gasteiger partial charge in [-0.25, -0.2) is 14.4 Å². The van der Waals surface area contributed by atoms with E-state index in [0.717, 1.165) is 0 Å². The first kappa shape index (κ1) is 19.2. The van der Waals surface area contributed by atoms with Crippen LogP contribution < -0.4 is 10.6 Å². The topological polar surface area (TPSA) is 105 Å². The summed E-state index contributed by atoms with van der Waals surface area (Å²) in [6.07, 6.45) is 0.734. The minimum Gasteiger partial charge on any atom is -0.480 e. The van der Waals surface area contributed by atoms with Crippen LogP contribution in [-0.4, -0.2) is 42.3 Å². The number of carboxylic acid groups (broad SMARTS) is 1. The second kappa shape index (κ2) is 9.20. The number of aliphatic carboxylic acids is 1. The number of nitrogens with one attached hydrogen (secondary N) is 2. The van der Waals surface area contributed by atoms with Crippen molar-refractivity contribution in [3.8, 4) is 0 Å². The summed E-state index contributed by atoms with van der Waals surface area (Å²) in [5, 5.41) is 13.9. The highest BCUT2D eigenvalue weighted by atomic mass is 16.5. The molecule has 0 bridgehead atoms. The van der Waals surface area contributed by atoms with Crippen molar-refractivity contribution in [3.63, 3.8) is 0 Å². The Kier molecular flexibility index (Phi) is 8.42. The molecule has 21 heavy (non-hydrogen) atoms. The number of carbonyl (C=O) groups is 3. The molecule has 122 valence electrons. The summed E-state index contributed by atoms with van der Waals surface area (Å²) >= 11 is 0. The lowest BCUT2D eigenvalue weighted by atomic mass is 10.0. The molecule has 0 aromatic heterocycles. The largest absolute Gasteiger partial charge is 0.480 e. The lowest BCUT2D eigenvalue weighted by Crippen LogP contribution is -2.51. The van der Waals surface area contributed by atoms with Gasteiger partial charge in [0, 0.05) is 0 Å². The second-order valence-electron chi connectivity index (χ2n) is 5.84. The number of hydrogen-bond acceptors (Lipinski definition) is 4. The molecule has 0 spiro atoms. The Bertz CT molecular complexity index is 368. The van der Waals surface area contributed by atoms with Crippen LogP contribution in [0.25, 0.3) is 0 Å². The highest BCUT2D eigenvalue weighted by Gasteiger charge is 2.26. The van der Waals surface area contributed by atoms with Crippen LogP contribution >= 0.6 is 0 Å². The Morgan fingerprint density at radius 1 is 0.952 bits per heavy atom. The highest BCUT2D eigenvalue weighted by molar-refractivity contribution is 5.86. The first-order chi connectivity index (χ1) is 9.67. The summed E-state index contributed by atoms with van der Waals surface area (Å²) in [6.45, 7) is 7.56. The van der Waals surface area contributed by atoms with Crippen LogP contribution in [0.2, 0.25) is 0 Å². The molecule has 2 atom stereocenters. The zero-order valence-electron chi connectivity index (χ0n) is 13.3. The Morgan fingerprint density at radius 3 is 1.76 bits per heavy atom. The fourth-order valence-corrected chi connectivity index (χ4v) is 1.88. The molecular formula is C14H26N2O5. The van der Waals surface area contributed by atoms with Gasteiger partial charge in [0.15, 0.2) is 0 Å². The third-order valence-corrected chi connectivity index (χ3v) is 2.81. The number of carbonyl (C=O) groups excluding carboxylic acids is 2. The van der Waals surface area contributed by atoms with Crippen LogP contribution in [0.4, 0.5) is 4.79 Å². The van der Waals surface area contributed by atoms with Gasteiger partial charge in [0.25, 0.3) is 0 Å². The molecule has 0 saturated carbocycles. The SMILES string of the molecule is COC(=O)C(CC(C)C)NC(=O)N[C@H](CC(C)C)C(=O)O. The molecule has 1 unspecified atom stereocenters. The molecule has 0 aromatic rings. The average Bonchev–Trinajstić information content (AvgIpc) is 2.34. The highest BCUT2D eigenvalue weighted by Crippen LogP contribution is 2.07. The lowest BCUT2D eigenvalue weighted by Gasteiger charge is -2.21. The van der Waals surface area contributed by atoms with E-state index in [2.05, 4.69) is 15.4 Å². The third-order valence-electron chi connectivity index (χ3n) is 2.81. The number of carboxylic acids is 1. The fraction of sp³-hybridized carbons (Fsp3) is 0.786. The number of ether oxygens (including phenoxy) is 1. The molecule has 3 N–H and O–H groups in total. The van der Waals surface area contributed by atoms with Gasteiger partial charge in [-0.2, -0.15) is 0 Å². The first-order valence-electron chi connectivity index (χ1n) is 7.05. The van der Waals surface area contributed by atoms with Gasteiger partial charge < -0.3 is 20.5 Å². The van der Waals surface area contributed by atoms with E-state index in [1.165, 1.54) is 7.11 Å². The molecule has 0 radical (unpaired) electrons. The summed E-state index contributed by atoms with van der Waals surface area (Å²) in [5.74, 6) is -1.34. The second-order valence-corrected chi connectivity index (χ2v) is 5.84. The van der Waals surface area contributed by atoms with Crippen molar-refractivity contribution >= 4 is 18.0 Å². The van der Waals surface area contributed by atoms with E-state index in [0.29, 0.717) is 12.8 Å². The van der Waals surface area contributed by atoms with Crippen LogP contribution in [0.3, 0.4) is 0 Å². The Hall–Kier alpha value is -1.79. The summed E-state index contributed by atoms with van der Waals surface area (Å²) in [5.41, 5.74) is 0. The maximum Gasteiger partial charge on any atom is 0.328 e. The molecule has 0 aromatic carbocycles. The normalized spacial score (nSPS) is 13.7. The molecule has 2 amide bonds. The molecule has 0 saturated heterocycles. The fourth-order valence-electron chi connectivity index (χ4n) is 1.88. The number of esters is 1. The predicted octanol–water partition coefficient (Wildman–Crippen LogP) is 1.37. The van der Waals surface area contributed by atoms with Crippen molar-refractivity contribution in [1.82, 2.24) is 10.6 Å². The van der Waals surface area contributed by atoms with Gasteiger partial charge in [-0.15, -0.1) is 0 Å². The van der Waals surface area contributed by atoms with E-state index >= 15 is 0 Å². The molecule has 7 heteroatoms. The zero-order valence-corrected chi connectivity index (χ0v) is 13.3. The van der Waals surface area contributed by atoms with Gasteiger partial charge in [0.1, 0.15) is 12.1 Å². The average molecular weight is 302 g/mol. The van der Waals surface area contributed by atoms with E-state index in [4.69, 9.17) is 5.11 Å². The van der Waals surface area contributed by atoms with Crippen LogP contribution in [0.15, 0.2) is 0 Å². The summed E-state index contributed by atoms with van der Waals surface area (Å²) in [6, 6.07) is -2.45. The van der Waals surface area contributed by atoms with Crippen molar-refractivity contribution in [2.75, 3.05) is 7.11 Å². The minimum absolute atomic E-state index is 0.124. The Labute approximate surface area is 125 Å². The minimum atomic E-state index is -1.10. The molecule has 0 aliphatic rings. The number of rotatable bonds is 8. The van der Waals surface area contributed by atoms with Crippen LogP contribution in [-0.2, 0) is 14.3 Å². The van der Waals surface area contributed by atoms with Gasteiger partial charge in [-0.05, 0) is 24.7 Å². The van der Waals surface area contributed by atoms with E-state index < -0.39 is 30.1 Å². The molecule has 0 fully saturated rings. The third kappa shape index (κ3) is 8.16. The molecule has 0 aliphatic heterocycles. The lowest BCUT2D eigenvalue weighted by molar-refractivity contribution is -0.143. The van der Waals surface area contributed by atoms with E-state index in [-0.39, 0.29) is 11.8 Å². The van der Waals surface area contributed by atoms with Crippen molar-refractivity contribution in [2.45, 2.75) is 52.6 Å². The van der Waals surface area contributed by atoms with Gasteiger partial charge in [-0.1, -0.05) is 27.7 Å². The maximum atomic E-state index is 11.9. The van der Waals surface area contributed by atoms with E-state index in [1.807, 2.05) is 27.7 Å². The van der Waals surface area contributed by atoms with Crippen LogP contribution in [0.5, 0.6) is 0 Å². The number of amides is 2. The van der Waals surface area contributed by atoms with Crippen molar-refractivity contribution in [3.05, 3.63) is 0 Å². The van der Waals surface area contributed by atoms with Crippen LogP contribution in [0, 0.1) is 11.8 Å². The van der Waals surface area contributed by atoms with Gasteiger partial charge in [0.05, 0.1) is 7.11 Å². The molecule has 0 heterocycles. The first-order valence-corrected chi connectivity index (χ1v) is 7.05. The summed E-state index contributed by atoms with van der Waals surface area (Å²) in [7, 11) is 1.24. The van der Waals surface area contributed by atoms with Crippen molar-refractivity contribution in [2.24, 2.45) is 11.8 Å². The monoisotopic (exact) mass is 302 g/mol. The number of hydrogen-bond donors (Lipinski definition) is 3. The quantitative estimate of drug-likeness (QED) is 0.587. The van der Waals surface area contributed by atoms with Gasteiger partial charge in [-0.3, -0.25) is 0 Å². The van der Waals surface area contributed by atoms with Crippen molar-refractivity contribution < 1.29 is 24.2 Å². The predicted molar refractivity (Wildman–Crippen MR) is 77.8 cm³/mol. The van der Waals surface area contributed by atoms with E-state index in [1.54, 1.807) is 0 Å². The summed E-state index contributed by atoms with van der Waals surface area (Å²) in [4.78, 5) is 34.5. The van der Waals surface area contributed by atoms with Crippen molar-refractivity contribution in [1.29, 1.82) is 0 Å². The summed E-state index contributed by atoms with van der Waals surface area (Å²) < 4.78 is 4.63. The Balaban J connectivity index is 4.66. The van der Waals surface area contributed by atoms with Gasteiger partial charge in [0.2, 0.25) is 0 Å². The zero-order chi connectivity index (χ0) is 16.6. The Morgan fingerprint density at radius 2 is 1.38 bits per heavy atom. The molecule has 7 nitrogen and oxygen atoms in total.